The summed E-state index contributed by atoms with van der Waals surface area (Å²) in [6.45, 7) is 11.2. The maximum absolute atomic E-state index is 4.68. The van der Waals surface area contributed by atoms with E-state index in [1.165, 1.54) is 31.5 Å². The summed E-state index contributed by atoms with van der Waals surface area (Å²) in [6.07, 6.45) is 8.53. The van der Waals surface area contributed by atoms with Gasteiger partial charge in [-0.3, -0.25) is 9.67 Å². The Labute approximate surface area is 139 Å². The third kappa shape index (κ3) is 3.63. The van der Waals surface area contributed by atoms with Gasteiger partial charge in [-0.2, -0.15) is 5.10 Å². The molecule has 2 aromatic heterocycles. The van der Waals surface area contributed by atoms with Crippen LogP contribution in [-0.2, 0) is 0 Å². The number of pyridine rings is 1. The van der Waals surface area contributed by atoms with Crippen LogP contribution in [-0.4, -0.2) is 38.8 Å². The molecule has 0 aliphatic carbocycles. The van der Waals surface area contributed by atoms with Crippen LogP contribution < -0.4 is 0 Å². The van der Waals surface area contributed by atoms with Crippen molar-refractivity contribution in [2.45, 2.75) is 58.5 Å². The number of hydrogen-bond donors (Lipinski definition) is 0. The molecule has 0 bridgehead atoms. The van der Waals surface area contributed by atoms with Crippen LogP contribution in [0.15, 0.2) is 30.7 Å². The number of piperidine rings is 1. The Bertz CT molecular complexity index is 619. The summed E-state index contributed by atoms with van der Waals surface area (Å²) in [5, 5.41) is 4.40. The summed E-state index contributed by atoms with van der Waals surface area (Å²) in [5.41, 5.74) is 3.49. The van der Waals surface area contributed by atoms with E-state index in [2.05, 4.69) is 67.2 Å². The molecule has 1 aliphatic heterocycles. The van der Waals surface area contributed by atoms with E-state index in [-0.39, 0.29) is 0 Å². The first kappa shape index (κ1) is 16.2. The normalized spacial score (nSPS) is 17.3. The first-order chi connectivity index (χ1) is 11.0. The summed E-state index contributed by atoms with van der Waals surface area (Å²) in [5.74, 6) is 0.657. The van der Waals surface area contributed by atoms with Gasteiger partial charge in [0.2, 0.25) is 0 Å². The highest BCUT2D eigenvalue weighted by Gasteiger charge is 2.22. The highest BCUT2D eigenvalue weighted by atomic mass is 15.3. The molecule has 4 nitrogen and oxygen atoms in total. The Morgan fingerprint density at radius 1 is 1.00 bits per heavy atom. The zero-order valence-electron chi connectivity index (χ0n) is 14.7. The molecule has 0 radical (unpaired) electrons. The largest absolute Gasteiger partial charge is 0.301 e. The molecule has 1 saturated heterocycles. The van der Waals surface area contributed by atoms with Gasteiger partial charge in [0.1, 0.15) is 0 Å². The first-order valence-electron chi connectivity index (χ1n) is 8.79. The molecule has 0 spiro atoms. The van der Waals surface area contributed by atoms with Crippen LogP contribution in [0, 0.1) is 0 Å². The second kappa shape index (κ2) is 6.83. The van der Waals surface area contributed by atoms with Gasteiger partial charge in [0.25, 0.3) is 0 Å². The second-order valence-electron chi connectivity index (χ2n) is 7.18. The van der Waals surface area contributed by atoms with Gasteiger partial charge in [-0.1, -0.05) is 6.07 Å². The van der Waals surface area contributed by atoms with Crippen molar-refractivity contribution in [2.24, 2.45) is 0 Å². The Morgan fingerprint density at radius 3 is 2.26 bits per heavy atom. The van der Waals surface area contributed by atoms with Gasteiger partial charge < -0.3 is 4.90 Å². The quantitative estimate of drug-likeness (QED) is 0.852. The lowest BCUT2D eigenvalue weighted by Crippen LogP contribution is -2.37. The molecule has 0 aromatic carbocycles. The monoisotopic (exact) mass is 312 g/mol. The maximum Gasteiger partial charge on any atom is 0.0733 e. The van der Waals surface area contributed by atoms with Crippen molar-refractivity contribution in [3.63, 3.8) is 0 Å². The number of rotatable bonds is 4. The molecule has 1 fully saturated rings. The van der Waals surface area contributed by atoms with Crippen molar-refractivity contribution in [3.8, 4) is 11.3 Å². The van der Waals surface area contributed by atoms with Crippen molar-refractivity contribution in [2.75, 3.05) is 13.1 Å². The van der Waals surface area contributed by atoms with Crippen molar-refractivity contribution in [1.29, 1.82) is 0 Å². The van der Waals surface area contributed by atoms with E-state index in [0.29, 0.717) is 18.0 Å². The van der Waals surface area contributed by atoms with E-state index >= 15 is 0 Å². The molecular formula is C19H28N4. The predicted molar refractivity (Wildman–Crippen MR) is 94.5 cm³/mol. The van der Waals surface area contributed by atoms with Gasteiger partial charge in [-0.15, -0.1) is 0 Å². The minimum absolute atomic E-state index is 0.383. The summed E-state index contributed by atoms with van der Waals surface area (Å²) in [6, 6.07) is 5.44. The average Bonchev–Trinajstić information content (AvgIpc) is 3.05. The minimum atomic E-state index is 0.383. The van der Waals surface area contributed by atoms with Gasteiger partial charge in [0.15, 0.2) is 0 Å². The van der Waals surface area contributed by atoms with Gasteiger partial charge in [-0.05, 0) is 71.2 Å². The molecule has 23 heavy (non-hydrogen) atoms. The zero-order chi connectivity index (χ0) is 16.4. The van der Waals surface area contributed by atoms with Crippen LogP contribution in [0.4, 0.5) is 0 Å². The molecular weight excluding hydrogens is 284 g/mol. The fourth-order valence-corrected chi connectivity index (χ4v) is 3.32. The fourth-order valence-electron chi connectivity index (χ4n) is 3.32. The first-order valence-corrected chi connectivity index (χ1v) is 8.79. The molecule has 1 aliphatic rings. The lowest BCUT2D eigenvalue weighted by molar-refractivity contribution is 0.172. The van der Waals surface area contributed by atoms with E-state index in [1.54, 1.807) is 0 Å². The highest BCUT2D eigenvalue weighted by Crippen LogP contribution is 2.29. The summed E-state index contributed by atoms with van der Waals surface area (Å²) in [7, 11) is 0. The maximum atomic E-state index is 4.68. The predicted octanol–water partition coefficient (Wildman–Crippen LogP) is 4.11. The van der Waals surface area contributed by atoms with Crippen molar-refractivity contribution in [3.05, 3.63) is 36.3 Å². The molecule has 0 amide bonds. The van der Waals surface area contributed by atoms with Crippen LogP contribution >= 0.6 is 0 Å². The third-order valence-corrected chi connectivity index (χ3v) is 4.94. The van der Waals surface area contributed by atoms with Crippen LogP contribution in [0.25, 0.3) is 11.3 Å². The van der Waals surface area contributed by atoms with Gasteiger partial charge in [0, 0.05) is 30.0 Å². The van der Waals surface area contributed by atoms with E-state index in [9.17, 15) is 0 Å². The lowest BCUT2D eigenvalue weighted by Gasteiger charge is -2.34. The highest BCUT2D eigenvalue weighted by molar-refractivity contribution is 5.56. The number of aromatic nitrogens is 3. The van der Waals surface area contributed by atoms with Gasteiger partial charge in [0.05, 0.1) is 11.9 Å². The zero-order valence-corrected chi connectivity index (χ0v) is 14.7. The van der Waals surface area contributed by atoms with E-state index in [4.69, 9.17) is 0 Å². The summed E-state index contributed by atoms with van der Waals surface area (Å²) in [4.78, 5) is 7.25. The Balaban J connectivity index is 1.67. The number of likely N-dealkylation sites (tertiary alicyclic amines) is 1. The van der Waals surface area contributed by atoms with E-state index in [0.717, 1.165) is 11.3 Å². The Morgan fingerprint density at radius 2 is 1.74 bits per heavy atom. The summed E-state index contributed by atoms with van der Waals surface area (Å²) >= 11 is 0. The second-order valence-corrected chi connectivity index (χ2v) is 7.18. The molecule has 0 atom stereocenters. The molecule has 4 heteroatoms. The SMILES string of the molecule is CC(C)N1CCC(c2ccc(-c3cnn(C(C)C)c3)nc2)CC1. The van der Waals surface area contributed by atoms with E-state index in [1.807, 2.05) is 10.9 Å². The minimum Gasteiger partial charge on any atom is -0.301 e. The molecule has 124 valence electrons. The Kier molecular flexibility index (Phi) is 4.81. The van der Waals surface area contributed by atoms with Crippen LogP contribution in [0.1, 0.15) is 58.1 Å². The topological polar surface area (TPSA) is 34.0 Å². The Hall–Kier alpha value is -1.68. The van der Waals surface area contributed by atoms with E-state index < -0.39 is 0 Å². The van der Waals surface area contributed by atoms with Gasteiger partial charge in [-0.25, -0.2) is 0 Å². The molecule has 0 N–H and O–H groups in total. The average molecular weight is 312 g/mol. The van der Waals surface area contributed by atoms with Crippen LogP contribution in [0.2, 0.25) is 0 Å². The molecule has 2 aromatic rings. The number of hydrogen-bond acceptors (Lipinski definition) is 3. The van der Waals surface area contributed by atoms with Crippen LogP contribution in [0.3, 0.4) is 0 Å². The van der Waals surface area contributed by atoms with Crippen LogP contribution in [0.5, 0.6) is 0 Å². The molecule has 3 rings (SSSR count). The van der Waals surface area contributed by atoms with Crippen molar-refractivity contribution in [1.82, 2.24) is 19.7 Å². The van der Waals surface area contributed by atoms with Crippen molar-refractivity contribution < 1.29 is 0 Å². The third-order valence-electron chi connectivity index (χ3n) is 4.94. The fraction of sp³-hybridized carbons (Fsp3) is 0.579. The summed E-state index contributed by atoms with van der Waals surface area (Å²) < 4.78 is 1.98. The number of nitrogens with zero attached hydrogens (tertiary/aromatic N) is 4. The molecule has 0 unspecified atom stereocenters. The molecule has 0 saturated carbocycles. The molecule has 3 heterocycles. The standard InChI is InChI=1S/C19H28N4/c1-14(2)22-9-7-16(8-10-22)17-5-6-19(20-11-17)18-12-21-23(13-18)15(3)4/h5-6,11-16H,7-10H2,1-4H3. The smallest absolute Gasteiger partial charge is 0.0733 e. The van der Waals surface area contributed by atoms with Crippen molar-refractivity contribution >= 4 is 0 Å². The lowest BCUT2D eigenvalue weighted by atomic mass is 9.90. The van der Waals surface area contributed by atoms with Gasteiger partial charge >= 0.3 is 0 Å².